The SMILES string of the molecule is CC(C)Cc1ccc(O)cc1.[Y]. The number of hydrogen-bond acceptors (Lipinski definition) is 1. The van der Waals surface area contributed by atoms with Gasteiger partial charge in [-0.1, -0.05) is 26.0 Å². The van der Waals surface area contributed by atoms with E-state index >= 15 is 0 Å². The summed E-state index contributed by atoms with van der Waals surface area (Å²) in [6, 6.07) is 7.40. The number of phenolic OH excluding ortho intramolecular Hbond substituents is 1. The van der Waals surface area contributed by atoms with Crippen molar-refractivity contribution in [3.63, 3.8) is 0 Å². The second-order valence-electron chi connectivity index (χ2n) is 3.26. The molecule has 1 rings (SSSR count). The van der Waals surface area contributed by atoms with Gasteiger partial charge in [0.25, 0.3) is 0 Å². The molecule has 1 radical (unpaired) electrons. The zero-order chi connectivity index (χ0) is 8.27. The zero-order valence-corrected chi connectivity index (χ0v) is 10.5. The van der Waals surface area contributed by atoms with Crippen molar-refractivity contribution in [2.75, 3.05) is 0 Å². The summed E-state index contributed by atoms with van der Waals surface area (Å²) in [5.74, 6) is 1.03. The Hall–Kier alpha value is 0.124. The van der Waals surface area contributed by atoms with E-state index in [-0.39, 0.29) is 32.7 Å². The average molecular weight is 239 g/mol. The number of hydrogen-bond donors (Lipinski definition) is 1. The van der Waals surface area contributed by atoms with E-state index in [0.717, 1.165) is 6.42 Å². The molecule has 0 fully saturated rings. The quantitative estimate of drug-likeness (QED) is 0.840. The molecule has 0 amide bonds. The summed E-state index contributed by atoms with van der Waals surface area (Å²) in [7, 11) is 0. The first-order valence-corrected chi connectivity index (χ1v) is 3.96. The van der Waals surface area contributed by atoms with Crippen LogP contribution in [0.15, 0.2) is 24.3 Å². The van der Waals surface area contributed by atoms with Crippen LogP contribution in [0.2, 0.25) is 0 Å². The molecule has 0 atom stereocenters. The molecule has 63 valence electrons. The van der Waals surface area contributed by atoms with E-state index in [1.165, 1.54) is 5.56 Å². The van der Waals surface area contributed by atoms with Crippen LogP contribution in [-0.2, 0) is 39.1 Å². The van der Waals surface area contributed by atoms with Crippen LogP contribution in [0, 0.1) is 5.92 Å². The first-order chi connectivity index (χ1) is 5.18. The van der Waals surface area contributed by atoms with E-state index in [4.69, 9.17) is 5.11 Å². The fourth-order valence-corrected chi connectivity index (χ4v) is 1.10. The van der Waals surface area contributed by atoms with Crippen LogP contribution in [0.5, 0.6) is 5.75 Å². The molecule has 2 heteroatoms. The maximum Gasteiger partial charge on any atom is 0.115 e. The molecule has 0 heterocycles. The molecule has 0 spiro atoms. The Labute approximate surface area is 99.1 Å². The molecule has 1 aromatic rings. The summed E-state index contributed by atoms with van der Waals surface area (Å²) >= 11 is 0. The van der Waals surface area contributed by atoms with Gasteiger partial charge in [0, 0.05) is 32.7 Å². The van der Waals surface area contributed by atoms with Crippen LogP contribution in [0.3, 0.4) is 0 Å². The van der Waals surface area contributed by atoms with Gasteiger partial charge >= 0.3 is 0 Å². The minimum absolute atomic E-state index is 0. The van der Waals surface area contributed by atoms with Crippen molar-refractivity contribution in [1.29, 1.82) is 0 Å². The molecule has 1 nitrogen and oxygen atoms in total. The van der Waals surface area contributed by atoms with Gasteiger partial charge in [-0.2, -0.15) is 0 Å². The average Bonchev–Trinajstić information content (AvgIpc) is 1.93. The van der Waals surface area contributed by atoms with Crippen molar-refractivity contribution in [1.82, 2.24) is 0 Å². The third kappa shape index (κ3) is 4.22. The standard InChI is InChI=1S/C10H14O.Y/c1-8(2)7-9-3-5-10(11)6-4-9;/h3-6,8,11H,7H2,1-2H3;. The summed E-state index contributed by atoms with van der Waals surface area (Å²) in [4.78, 5) is 0. The zero-order valence-electron chi connectivity index (χ0n) is 7.62. The fraction of sp³-hybridized carbons (Fsp3) is 0.400. The van der Waals surface area contributed by atoms with Crippen molar-refractivity contribution in [3.05, 3.63) is 29.8 Å². The van der Waals surface area contributed by atoms with Gasteiger partial charge in [0.1, 0.15) is 5.75 Å². The Kier molecular flexibility index (Phi) is 5.77. The number of phenols is 1. The minimum atomic E-state index is 0. The Bertz CT molecular complexity index is 216. The van der Waals surface area contributed by atoms with Gasteiger partial charge in [-0.15, -0.1) is 0 Å². The molecule has 0 unspecified atom stereocenters. The van der Waals surface area contributed by atoms with E-state index in [9.17, 15) is 0 Å². The molecular formula is C10H14OY. The van der Waals surface area contributed by atoms with E-state index in [0.29, 0.717) is 11.7 Å². The van der Waals surface area contributed by atoms with Crippen LogP contribution in [0.1, 0.15) is 19.4 Å². The molecule has 0 aliphatic carbocycles. The van der Waals surface area contributed by atoms with Crippen LogP contribution >= 0.6 is 0 Å². The van der Waals surface area contributed by atoms with E-state index in [2.05, 4.69) is 13.8 Å². The van der Waals surface area contributed by atoms with Gasteiger partial charge in [-0.25, -0.2) is 0 Å². The number of aromatic hydroxyl groups is 1. The van der Waals surface area contributed by atoms with Crippen LogP contribution in [0.4, 0.5) is 0 Å². The second-order valence-corrected chi connectivity index (χ2v) is 3.26. The first kappa shape index (κ1) is 12.1. The third-order valence-electron chi connectivity index (χ3n) is 1.58. The summed E-state index contributed by atoms with van der Waals surface area (Å²) in [5, 5.41) is 8.99. The van der Waals surface area contributed by atoms with Gasteiger partial charge in [0.05, 0.1) is 0 Å². The second kappa shape index (κ2) is 5.72. The van der Waals surface area contributed by atoms with Gasteiger partial charge in [-0.05, 0) is 30.0 Å². The maximum atomic E-state index is 8.99. The predicted octanol–water partition coefficient (Wildman–Crippen LogP) is 2.59. The molecule has 1 aromatic carbocycles. The van der Waals surface area contributed by atoms with E-state index < -0.39 is 0 Å². The summed E-state index contributed by atoms with van der Waals surface area (Å²) < 4.78 is 0. The van der Waals surface area contributed by atoms with Crippen molar-refractivity contribution in [2.24, 2.45) is 5.92 Å². The summed E-state index contributed by atoms with van der Waals surface area (Å²) in [5.41, 5.74) is 1.29. The molecule has 0 aliphatic rings. The Balaban J connectivity index is 0.00000121. The van der Waals surface area contributed by atoms with Gasteiger partial charge in [-0.3, -0.25) is 0 Å². The normalized spacial score (nSPS) is 9.58. The minimum Gasteiger partial charge on any atom is -0.508 e. The summed E-state index contributed by atoms with van der Waals surface area (Å²) in [6.07, 6.45) is 1.08. The Morgan fingerprint density at radius 2 is 1.67 bits per heavy atom. The molecule has 0 saturated heterocycles. The van der Waals surface area contributed by atoms with Gasteiger partial charge in [0.15, 0.2) is 0 Å². The number of rotatable bonds is 2. The van der Waals surface area contributed by atoms with Gasteiger partial charge in [0.2, 0.25) is 0 Å². The van der Waals surface area contributed by atoms with Crippen molar-refractivity contribution >= 4 is 0 Å². The van der Waals surface area contributed by atoms with E-state index in [1.54, 1.807) is 12.1 Å². The Morgan fingerprint density at radius 3 is 2.08 bits per heavy atom. The van der Waals surface area contributed by atoms with Crippen LogP contribution in [0.25, 0.3) is 0 Å². The molecule has 0 saturated carbocycles. The largest absolute Gasteiger partial charge is 0.508 e. The van der Waals surface area contributed by atoms with Gasteiger partial charge < -0.3 is 5.11 Å². The molecule has 0 aromatic heterocycles. The molecule has 0 bridgehead atoms. The smallest absolute Gasteiger partial charge is 0.115 e. The molecule has 12 heavy (non-hydrogen) atoms. The topological polar surface area (TPSA) is 20.2 Å². The molecule has 0 aliphatic heterocycles. The fourth-order valence-electron chi connectivity index (χ4n) is 1.10. The van der Waals surface area contributed by atoms with E-state index in [1.807, 2.05) is 12.1 Å². The van der Waals surface area contributed by atoms with Crippen LogP contribution < -0.4 is 0 Å². The molecular weight excluding hydrogens is 225 g/mol. The van der Waals surface area contributed by atoms with Crippen LogP contribution in [-0.4, -0.2) is 5.11 Å². The number of benzene rings is 1. The summed E-state index contributed by atoms with van der Waals surface area (Å²) in [6.45, 7) is 4.37. The predicted molar refractivity (Wildman–Crippen MR) is 46.6 cm³/mol. The van der Waals surface area contributed by atoms with Crippen molar-refractivity contribution in [2.45, 2.75) is 20.3 Å². The maximum absolute atomic E-state index is 8.99. The monoisotopic (exact) mass is 239 g/mol. The Morgan fingerprint density at radius 1 is 1.17 bits per heavy atom. The van der Waals surface area contributed by atoms with Crippen molar-refractivity contribution in [3.8, 4) is 5.75 Å². The van der Waals surface area contributed by atoms with Crippen molar-refractivity contribution < 1.29 is 37.8 Å². The third-order valence-corrected chi connectivity index (χ3v) is 1.58. The molecule has 1 N–H and O–H groups in total. The first-order valence-electron chi connectivity index (χ1n) is 3.96.